The van der Waals surface area contributed by atoms with Crippen LogP contribution in [-0.2, 0) is 0 Å². The van der Waals surface area contributed by atoms with Crippen LogP contribution in [0, 0.1) is 11.7 Å². The van der Waals surface area contributed by atoms with Gasteiger partial charge >= 0.3 is 0 Å². The Morgan fingerprint density at radius 3 is 2.84 bits per heavy atom. The molecule has 1 aromatic carbocycles. The van der Waals surface area contributed by atoms with Crippen molar-refractivity contribution in [2.75, 3.05) is 20.2 Å². The van der Waals surface area contributed by atoms with Gasteiger partial charge < -0.3 is 10.1 Å². The summed E-state index contributed by atoms with van der Waals surface area (Å²) in [6.07, 6.45) is 3.58. The molecule has 1 saturated heterocycles. The highest BCUT2D eigenvalue weighted by atomic mass is 19.1. The van der Waals surface area contributed by atoms with Crippen LogP contribution in [0.3, 0.4) is 0 Å². The van der Waals surface area contributed by atoms with Gasteiger partial charge in [0.25, 0.3) is 0 Å². The van der Waals surface area contributed by atoms with E-state index in [2.05, 4.69) is 5.32 Å². The molecule has 1 aromatic rings. The zero-order valence-corrected chi connectivity index (χ0v) is 11.2. The summed E-state index contributed by atoms with van der Waals surface area (Å²) >= 11 is 0. The largest absolute Gasteiger partial charge is 0.496 e. The molecule has 0 atom stereocenters. The lowest BCUT2D eigenvalue weighted by molar-refractivity contribution is 0.0967. The molecule has 0 radical (unpaired) electrons. The summed E-state index contributed by atoms with van der Waals surface area (Å²) in [7, 11) is 1.50. The second-order valence-corrected chi connectivity index (χ2v) is 5.00. The maximum atomic E-state index is 13.2. The van der Waals surface area contributed by atoms with Gasteiger partial charge in [0.05, 0.1) is 12.7 Å². The monoisotopic (exact) mass is 265 g/mol. The van der Waals surface area contributed by atoms with E-state index in [1.807, 2.05) is 0 Å². The summed E-state index contributed by atoms with van der Waals surface area (Å²) in [6, 6.07) is 4.08. The molecule has 0 bridgehead atoms. The van der Waals surface area contributed by atoms with Crippen LogP contribution < -0.4 is 10.1 Å². The van der Waals surface area contributed by atoms with Crippen LogP contribution in [0.25, 0.3) is 0 Å². The van der Waals surface area contributed by atoms with Gasteiger partial charge in [0.1, 0.15) is 11.6 Å². The third-order valence-electron chi connectivity index (χ3n) is 3.70. The molecule has 19 heavy (non-hydrogen) atoms. The molecule has 4 heteroatoms. The molecule has 1 aliphatic rings. The van der Waals surface area contributed by atoms with Gasteiger partial charge in [0.15, 0.2) is 5.78 Å². The number of hydrogen-bond donors (Lipinski definition) is 1. The van der Waals surface area contributed by atoms with E-state index in [9.17, 15) is 9.18 Å². The zero-order chi connectivity index (χ0) is 13.7. The van der Waals surface area contributed by atoms with Crippen molar-refractivity contribution in [3.63, 3.8) is 0 Å². The Labute approximate surface area is 113 Å². The molecule has 1 N–H and O–H groups in total. The highest BCUT2D eigenvalue weighted by Crippen LogP contribution is 2.24. The summed E-state index contributed by atoms with van der Waals surface area (Å²) in [4.78, 5) is 12.2. The fourth-order valence-electron chi connectivity index (χ4n) is 2.54. The number of carbonyl (C=O) groups excluding carboxylic acids is 1. The lowest BCUT2D eigenvalue weighted by Crippen LogP contribution is -2.28. The molecule has 1 aliphatic heterocycles. The van der Waals surface area contributed by atoms with Gasteiger partial charge in [0, 0.05) is 6.42 Å². The molecular formula is C15H20FNO2. The zero-order valence-electron chi connectivity index (χ0n) is 11.2. The Morgan fingerprint density at radius 2 is 2.16 bits per heavy atom. The molecule has 2 rings (SSSR count). The average Bonchev–Trinajstić information content (AvgIpc) is 2.46. The fraction of sp³-hybridized carbons (Fsp3) is 0.533. The summed E-state index contributed by atoms with van der Waals surface area (Å²) in [5, 5.41) is 3.31. The minimum atomic E-state index is -0.397. The van der Waals surface area contributed by atoms with Crippen LogP contribution in [0.4, 0.5) is 4.39 Å². The van der Waals surface area contributed by atoms with Crippen molar-refractivity contribution in [1.29, 1.82) is 0 Å². The maximum Gasteiger partial charge on any atom is 0.166 e. The highest BCUT2D eigenvalue weighted by molar-refractivity contribution is 5.98. The third-order valence-corrected chi connectivity index (χ3v) is 3.70. The second kappa shape index (κ2) is 6.66. The van der Waals surface area contributed by atoms with Crippen LogP contribution >= 0.6 is 0 Å². The quantitative estimate of drug-likeness (QED) is 0.832. The lowest BCUT2D eigenvalue weighted by atomic mass is 9.91. The van der Waals surface area contributed by atoms with E-state index in [1.165, 1.54) is 25.3 Å². The molecule has 0 amide bonds. The van der Waals surface area contributed by atoms with Crippen molar-refractivity contribution in [3.05, 3.63) is 29.6 Å². The number of methoxy groups -OCH3 is 1. The topological polar surface area (TPSA) is 38.3 Å². The Kier molecular flexibility index (Phi) is 4.91. The second-order valence-electron chi connectivity index (χ2n) is 5.00. The number of halogens is 1. The SMILES string of the molecule is COc1ccc(F)cc1C(=O)CCC1CCNCC1. The van der Waals surface area contributed by atoms with Crippen molar-refractivity contribution < 1.29 is 13.9 Å². The van der Waals surface area contributed by atoms with E-state index in [-0.39, 0.29) is 5.78 Å². The standard InChI is InChI=1S/C15H20FNO2/c1-19-15-5-3-12(16)10-13(15)14(18)4-2-11-6-8-17-9-7-11/h3,5,10-11,17H,2,4,6-9H2,1H3. The van der Waals surface area contributed by atoms with E-state index in [1.54, 1.807) is 0 Å². The predicted octanol–water partition coefficient (Wildman–Crippen LogP) is 2.80. The van der Waals surface area contributed by atoms with Crippen molar-refractivity contribution in [2.45, 2.75) is 25.7 Å². The Balaban J connectivity index is 1.97. The van der Waals surface area contributed by atoms with Gasteiger partial charge in [-0.05, 0) is 56.5 Å². The summed E-state index contributed by atoms with van der Waals surface area (Å²) < 4.78 is 18.3. The Hall–Kier alpha value is -1.42. The van der Waals surface area contributed by atoms with Crippen LogP contribution in [0.5, 0.6) is 5.75 Å². The van der Waals surface area contributed by atoms with Gasteiger partial charge in [-0.25, -0.2) is 4.39 Å². The number of carbonyl (C=O) groups is 1. The first-order valence-electron chi connectivity index (χ1n) is 6.78. The van der Waals surface area contributed by atoms with Gasteiger partial charge in [-0.15, -0.1) is 0 Å². The lowest BCUT2D eigenvalue weighted by Gasteiger charge is -2.22. The molecule has 104 valence electrons. The summed E-state index contributed by atoms with van der Waals surface area (Å²) in [5.41, 5.74) is 0.358. The van der Waals surface area contributed by atoms with E-state index in [0.29, 0.717) is 23.7 Å². The molecule has 0 saturated carbocycles. The van der Waals surface area contributed by atoms with Crippen LogP contribution in [0.1, 0.15) is 36.0 Å². The first-order valence-corrected chi connectivity index (χ1v) is 6.78. The third kappa shape index (κ3) is 3.77. The number of Topliss-reactive ketones (excluding diaryl/α,β-unsaturated/α-hetero) is 1. The molecule has 0 unspecified atom stereocenters. The predicted molar refractivity (Wildman–Crippen MR) is 72.1 cm³/mol. The van der Waals surface area contributed by atoms with E-state index >= 15 is 0 Å². The molecule has 1 fully saturated rings. The Morgan fingerprint density at radius 1 is 1.42 bits per heavy atom. The fourth-order valence-corrected chi connectivity index (χ4v) is 2.54. The molecule has 0 aromatic heterocycles. The Bertz CT molecular complexity index is 442. The van der Waals surface area contributed by atoms with Crippen LogP contribution in [0.15, 0.2) is 18.2 Å². The van der Waals surface area contributed by atoms with Crippen LogP contribution in [-0.4, -0.2) is 26.0 Å². The highest BCUT2D eigenvalue weighted by Gasteiger charge is 2.17. The number of rotatable bonds is 5. The minimum absolute atomic E-state index is 0.0325. The number of nitrogens with one attached hydrogen (secondary N) is 1. The van der Waals surface area contributed by atoms with E-state index in [0.717, 1.165) is 32.4 Å². The molecule has 3 nitrogen and oxygen atoms in total. The van der Waals surface area contributed by atoms with Gasteiger partial charge in [-0.2, -0.15) is 0 Å². The number of hydrogen-bond acceptors (Lipinski definition) is 3. The molecule has 0 spiro atoms. The van der Waals surface area contributed by atoms with E-state index < -0.39 is 5.82 Å². The van der Waals surface area contributed by atoms with Crippen LogP contribution in [0.2, 0.25) is 0 Å². The van der Waals surface area contributed by atoms with Crippen molar-refractivity contribution >= 4 is 5.78 Å². The van der Waals surface area contributed by atoms with Crippen molar-refractivity contribution in [1.82, 2.24) is 5.32 Å². The normalized spacial score (nSPS) is 16.3. The minimum Gasteiger partial charge on any atom is -0.496 e. The van der Waals surface area contributed by atoms with Crippen molar-refractivity contribution in [3.8, 4) is 5.75 Å². The number of benzene rings is 1. The van der Waals surface area contributed by atoms with Gasteiger partial charge in [-0.1, -0.05) is 0 Å². The maximum absolute atomic E-state index is 13.2. The molecule has 0 aliphatic carbocycles. The smallest absolute Gasteiger partial charge is 0.166 e. The number of ketones is 1. The molecule has 1 heterocycles. The first kappa shape index (κ1) is 14.0. The summed E-state index contributed by atoms with van der Waals surface area (Å²) in [6.45, 7) is 2.06. The molecular weight excluding hydrogens is 245 g/mol. The van der Waals surface area contributed by atoms with Gasteiger partial charge in [0.2, 0.25) is 0 Å². The van der Waals surface area contributed by atoms with E-state index in [4.69, 9.17) is 4.74 Å². The number of ether oxygens (including phenoxy) is 1. The van der Waals surface area contributed by atoms with Crippen molar-refractivity contribution in [2.24, 2.45) is 5.92 Å². The average molecular weight is 265 g/mol. The first-order chi connectivity index (χ1) is 9.20. The van der Waals surface area contributed by atoms with Gasteiger partial charge in [-0.3, -0.25) is 4.79 Å². The number of piperidine rings is 1. The summed E-state index contributed by atoms with van der Waals surface area (Å²) in [5.74, 6) is 0.627.